The first-order valence-corrected chi connectivity index (χ1v) is 7.98. The Morgan fingerprint density at radius 1 is 1.24 bits per heavy atom. The molecule has 1 N–H and O–H groups in total. The molecule has 3 nitrogen and oxygen atoms in total. The minimum absolute atomic E-state index is 0.897. The van der Waals surface area contributed by atoms with Gasteiger partial charge in [-0.05, 0) is 43.4 Å². The maximum absolute atomic E-state index is 4.36. The van der Waals surface area contributed by atoms with E-state index in [0.29, 0.717) is 0 Å². The molecular weight excluding hydrogens is 326 g/mol. The summed E-state index contributed by atoms with van der Waals surface area (Å²) < 4.78 is 1.18. The highest BCUT2D eigenvalue weighted by Gasteiger charge is 2.06. The lowest BCUT2D eigenvalue weighted by Gasteiger charge is -2.18. The Kier molecular flexibility index (Phi) is 6.36. The minimum atomic E-state index is 0.897. The van der Waals surface area contributed by atoms with Crippen LogP contribution >= 0.6 is 15.9 Å². The number of benzene rings is 1. The fraction of sp³-hybridized carbons (Fsp3) is 0.353. The Labute approximate surface area is 135 Å². The summed E-state index contributed by atoms with van der Waals surface area (Å²) in [5.74, 6) is 0. The standard InChI is InChI=1S/C17H22BrN3/c1-19-12-14-6-7-15(17(18)11-14)13-21(2)10-8-16-5-3-4-9-20-16/h3-7,9,11,19H,8,10,12-13H2,1-2H3. The minimum Gasteiger partial charge on any atom is -0.316 e. The summed E-state index contributed by atoms with van der Waals surface area (Å²) in [6.45, 7) is 2.84. The normalized spacial score (nSPS) is 11.0. The molecule has 0 fully saturated rings. The maximum Gasteiger partial charge on any atom is 0.0416 e. The Morgan fingerprint density at radius 3 is 2.76 bits per heavy atom. The first-order valence-electron chi connectivity index (χ1n) is 7.19. The molecule has 0 aliphatic carbocycles. The predicted molar refractivity (Wildman–Crippen MR) is 91.2 cm³/mol. The van der Waals surface area contributed by atoms with Crippen molar-refractivity contribution in [1.29, 1.82) is 0 Å². The van der Waals surface area contributed by atoms with Crippen LogP contribution in [-0.2, 0) is 19.5 Å². The highest BCUT2D eigenvalue weighted by molar-refractivity contribution is 9.10. The van der Waals surface area contributed by atoms with Gasteiger partial charge in [0.15, 0.2) is 0 Å². The van der Waals surface area contributed by atoms with Crippen molar-refractivity contribution in [2.24, 2.45) is 0 Å². The fourth-order valence-electron chi connectivity index (χ4n) is 2.25. The summed E-state index contributed by atoms with van der Waals surface area (Å²) in [6.07, 6.45) is 2.83. The van der Waals surface area contributed by atoms with Crippen molar-refractivity contribution in [2.75, 3.05) is 20.6 Å². The van der Waals surface area contributed by atoms with E-state index in [1.807, 2.05) is 25.4 Å². The summed E-state index contributed by atoms with van der Waals surface area (Å²) in [5.41, 5.74) is 3.76. The molecule has 0 spiro atoms. The van der Waals surface area contributed by atoms with Gasteiger partial charge in [0.05, 0.1) is 0 Å². The van der Waals surface area contributed by atoms with Gasteiger partial charge in [-0.1, -0.05) is 34.1 Å². The van der Waals surface area contributed by atoms with Gasteiger partial charge >= 0.3 is 0 Å². The van der Waals surface area contributed by atoms with E-state index in [1.165, 1.54) is 15.6 Å². The number of halogens is 1. The highest BCUT2D eigenvalue weighted by atomic mass is 79.9. The monoisotopic (exact) mass is 347 g/mol. The van der Waals surface area contributed by atoms with E-state index in [4.69, 9.17) is 0 Å². The zero-order valence-electron chi connectivity index (χ0n) is 12.6. The topological polar surface area (TPSA) is 28.2 Å². The Morgan fingerprint density at radius 2 is 2.10 bits per heavy atom. The van der Waals surface area contributed by atoms with Crippen molar-refractivity contribution in [3.8, 4) is 0 Å². The van der Waals surface area contributed by atoms with Crippen LogP contribution in [0.1, 0.15) is 16.8 Å². The molecule has 0 atom stereocenters. The average Bonchev–Trinajstić information content (AvgIpc) is 2.49. The van der Waals surface area contributed by atoms with Crippen molar-refractivity contribution in [2.45, 2.75) is 19.5 Å². The third-order valence-electron chi connectivity index (χ3n) is 3.41. The van der Waals surface area contributed by atoms with Crippen molar-refractivity contribution < 1.29 is 0 Å². The lowest BCUT2D eigenvalue weighted by atomic mass is 10.1. The van der Waals surface area contributed by atoms with Crippen molar-refractivity contribution in [3.05, 3.63) is 63.9 Å². The van der Waals surface area contributed by atoms with Gasteiger partial charge in [0, 0.05) is 42.4 Å². The predicted octanol–water partition coefficient (Wildman–Crippen LogP) is 3.24. The zero-order chi connectivity index (χ0) is 15.1. The van der Waals surface area contributed by atoms with Crippen molar-refractivity contribution >= 4 is 15.9 Å². The molecule has 112 valence electrons. The first-order chi connectivity index (χ1) is 10.2. The number of aromatic nitrogens is 1. The molecule has 0 saturated carbocycles. The van der Waals surface area contributed by atoms with Crippen LogP contribution in [0.15, 0.2) is 47.1 Å². The lowest BCUT2D eigenvalue weighted by Crippen LogP contribution is -2.21. The lowest BCUT2D eigenvalue weighted by molar-refractivity contribution is 0.329. The third-order valence-corrected chi connectivity index (χ3v) is 4.15. The second-order valence-electron chi connectivity index (χ2n) is 5.26. The molecule has 0 saturated heterocycles. The first kappa shape index (κ1) is 16.1. The molecule has 0 unspecified atom stereocenters. The highest BCUT2D eigenvalue weighted by Crippen LogP contribution is 2.20. The molecule has 4 heteroatoms. The van der Waals surface area contributed by atoms with E-state index >= 15 is 0 Å². The van der Waals surface area contributed by atoms with E-state index < -0.39 is 0 Å². The fourth-order valence-corrected chi connectivity index (χ4v) is 2.81. The number of nitrogens with one attached hydrogen (secondary N) is 1. The zero-order valence-corrected chi connectivity index (χ0v) is 14.2. The number of rotatable bonds is 7. The molecule has 21 heavy (non-hydrogen) atoms. The van der Waals surface area contributed by atoms with Gasteiger partial charge in [-0.2, -0.15) is 0 Å². The Balaban J connectivity index is 1.89. The van der Waals surface area contributed by atoms with E-state index in [-0.39, 0.29) is 0 Å². The molecule has 2 aromatic rings. The van der Waals surface area contributed by atoms with E-state index in [9.17, 15) is 0 Å². The second-order valence-corrected chi connectivity index (χ2v) is 6.12. The molecule has 0 amide bonds. The van der Waals surface area contributed by atoms with E-state index in [2.05, 4.69) is 62.4 Å². The number of hydrogen-bond donors (Lipinski definition) is 1. The molecule has 0 aliphatic rings. The molecule has 1 aromatic carbocycles. The Bertz CT molecular complexity index is 557. The maximum atomic E-state index is 4.36. The van der Waals surface area contributed by atoms with Gasteiger partial charge in [0.25, 0.3) is 0 Å². The van der Waals surface area contributed by atoms with Gasteiger partial charge in [-0.25, -0.2) is 0 Å². The van der Waals surface area contributed by atoms with Gasteiger partial charge < -0.3 is 10.2 Å². The van der Waals surface area contributed by atoms with Crippen LogP contribution in [0.25, 0.3) is 0 Å². The van der Waals surface area contributed by atoms with Crippen LogP contribution in [0, 0.1) is 0 Å². The number of hydrogen-bond acceptors (Lipinski definition) is 3. The van der Waals surface area contributed by atoms with Crippen molar-refractivity contribution in [1.82, 2.24) is 15.2 Å². The van der Waals surface area contributed by atoms with Crippen LogP contribution < -0.4 is 5.32 Å². The van der Waals surface area contributed by atoms with Crippen LogP contribution in [0.3, 0.4) is 0 Å². The van der Waals surface area contributed by atoms with Crippen LogP contribution in [0.5, 0.6) is 0 Å². The van der Waals surface area contributed by atoms with Gasteiger partial charge in [-0.3, -0.25) is 4.98 Å². The van der Waals surface area contributed by atoms with Crippen LogP contribution in [0.4, 0.5) is 0 Å². The molecule has 0 aliphatic heterocycles. The Hall–Kier alpha value is -1.23. The van der Waals surface area contributed by atoms with Crippen LogP contribution in [-0.4, -0.2) is 30.5 Å². The molecular formula is C17H22BrN3. The summed E-state index contributed by atoms with van der Waals surface area (Å²) in [7, 11) is 4.12. The number of pyridine rings is 1. The SMILES string of the molecule is CNCc1ccc(CN(C)CCc2ccccn2)c(Br)c1. The largest absolute Gasteiger partial charge is 0.316 e. The smallest absolute Gasteiger partial charge is 0.0416 e. The van der Waals surface area contributed by atoms with Gasteiger partial charge in [0.1, 0.15) is 0 Å². The summed E-state index contributed by atoms with van der Waals surface area (Å²) in [6, 6.07) is 12.7. The quantitative estimate of drug-likeness (QED) is 0.833. The van der Waals surface area contributed by atoms with Crippen LogP contribution in [0.2, 0.25) is 0 Å². The molecule has 2 rings (SSSR count). The average molecular weight is 348 g/mol. The number of likely N-dealkylation sites (N-methyl/N-ethyl adjacent to an activating group) is 1. The molecule has 1 aromatic heterocycles. The number of nitrogens with zero attached hydrogens (tertiary/aromatic N) is 2. The second kappa shape index (κ2) is 8.27. The summed E-state index contributed by atoms with van der Waals surface area (Å²) in [4.78, 5) is 6.69. The van der Waals surface area contributed by atoms with E-state index in [1.54, 1.807) is 0 Å². The summed E-state index contributed by atoms with van der Waals surface area (Å²) >= 11 is 3.67. The summed E-state index contributed by atoms with van der Waals surface area (Å²) in [5, 5.41) is 3.17. The van der Waals surface area contributed by atoms with Gasteiger partial charge in [0.2, 0.25) is 0 Å². The molecule has 1 heterocycles. The van der Waals surface area contributed by atoms with Gasteiger partial charge in [-0.15, -0.1) is 0 Å². The molecule has 0 bridgehead atoms. The van der Waals surface area contributed by atoms with E-state index in [0.717, 1.165) is 31.7 Å². The third kappa shape index (κ3) is 5.23. The molecule has 0 radical (unpaired) electrons. The van der Waals surface area contributed by atoms with Crippen molar-refractivity contribution in [3.63, 3.8) is 0 Å².